The number of nitrogen functional groups attached to an aromatic ring is 1. The Morgan fingerprint density at radius 1 is 1.42 bits per heavy atom. The standard InChI is InChI=1S/C12H18F2N4O/c13-9-7-10(14)12(16-11(9)17-15)18(5-2-6-19)8-3-1-4-8/h7-8,19H,1-6,15H2,(H,16,17). The van der Waals surface area contributed by atoms with Gasteiger partial charge in [0.25, 0.3) is 0 Å². The molecule has 1 aromatic heterocycles. The zero-order valence-corrected chi connectivity index (χ0v) is 10.6. The molecule has 0 amide bonds. The van der Waals surface area contributed by atoms with Gasteiger partial charge in [-0.3, -0.25) is 0 Å². The van der Waals surface area contributed by atoms with Gasteiger partial charge in [0.2, 0.25) is 0 Å². The van der Waals surface area contributed by atoms with E-state index in [9.17, 15) is 8.78 Å². The predicted octanol–water partition coefficient (Wildman–Crippen LogP) is 1.39. The Morgan fingerprint density at radius 3 is 2.68 bits per heavy atom. The number of nitrogens with one attached hydrogen (secondary N) is 1. The average Bonchev–Trinajstić information content (AvgIpc) is 2.32. The quantitative estimate of drug-likeness (QED) is 0.539. The minimum atomic E-state index is -0.820. The highest BCUT2D eigenvalue weighted by Gasteiger charge is 2.28. The maximum absolute atomic E-state index is 13.9. The Balaban J connectivity index is 2.28. The molecule has 1 aliphatic rings. The minimum absolute atomic E-state index is 0.0219. The van der Waals surface area contributed by atoms with E-state index in [1.165, 1.54) is 0 Å². The SMILES string of the molecule is NNc1nc(N(CCCO)C2CCC2)c(F)cc1F. The molecule has 1 aromatic rings. The molecule has 19 heavy (non-hydrogen) atoms. The van der Waals surface area contributed by atoms with Gasteiger partial charge >= 0.3 is 0 Å². The molecule has 1 heterocycles. The Labute approximate surface area is 110 Å². The van der Waals surface area contributed by atoms with E-state index in [0.717, 1.165) is 25.3 Å². The van der Waals surface area contributed by atoms with Crippen molar-refractivity contribution in [2.24, 2.45) is 5.84 Å². The monoisotopic (exact) mass is 272 g/mol. The lowest BCUT2D eigenvalue weighted by atomic mass is 9.91. The molecular formula is C12H18F2N4O. The molecule has 0 unspecified atom stereocenters. The van der Waals surface area contributed by atoms with E-state index in [-0.39, 0.29) is 24.3 Å². The molecule has 0 saturated heterocycles. The molecule has 2 rings (SSSR count). The van der Waals surface area contributed by atoms with Gasteiger partial charge in [0.05, 0.1) is 0 Å². The van der Waals surface area contributed by atoms with E-state index < -0.39 is 11.6 Å². The number of halogens is 2. The molecule has 1 aliphatic carbocycles. The smallest absolute Gasteiger partial charge is 0.178 e. The first kappa shape index (κ1) is 14.0. The largest absolute Gasteiger partial charge is 0.396 e. The van der Waals surface area contributed by atoms with Crippen molar-refractivity contribution in [2.75, 3.05) is 23.5 Å². The van der Waals surface area contributed by atoms with Crippen LogP contribution in [-0.2, 0) is 0 Å². The Morgan fingerprint density at radius 2 is 2.16 bits per heavy atom. The molecule has 7 heteroatoms. The number of rotatable bonds is 6. The van der Waals surface area contributed by atoms with E-state index in [1.807, 2.05) is 0 Å². The number of hydrogen-bond donors (Lipinski definition) is 3. The number of aliphatic hydroxyl groups excluding tert-OH is 1. The maximum atomic E-state index is 13.9. The molecule has 1 fully saturated rings. The van der Waals surface area contributed by atoms with E-state index in [4.69, 9.17) is 10.9 Å². The average molecular weight is 272 g/mol. The molecule has 106 valence electrons. The lowest BCUT2D eigenvalue weighted by molar-refractivity contribution is 0.282. The number of aliphatic hydroxyl groups is 1. The molecule has 0 aliphatic heterocycles. The summed E-state index contributed by atoms with van der Waals surface area (Å²) >= 11 is 0. The second-order valence-electron chi connectivity index (χ2n) is 4.62. The molecular weight excluding hydrogens is 254 g/mol. The van der Waals surface area contributed by atoms with Crippen molar-refractivity contribution < 1.29 is 13.9 Å². The van der Waals surface area contributed by atoms with Crippen LogP contribution in [0.2, 0.25) is 0 Å². The van der Waals surface area contributed by atoms with Crippen molar-refractivity contribution in [3.63, 3.8) is 0 Å². The molecule has 0 aromatic carbocycles. The lowest BCUT2D eigenvalue weighted by Gasteiger charge is -2.38. The number of aromatic nitrogens is 1. The number of nitrogens with two attached hydrogens (primary N) is 1. The van der Waals surface area contributed by atoms with Crippen LogP contribution >= 0.6 is 0 Å². The maximum Gasteiger partial charge on any atom is 0.178 e. The summed E-state index contributed by atoms with van der Waals surface area (Å²) in [7, 11) is 0. The summed E-state index contributed by atoms with van der Waals surface area (Å²) < 4.78 is 27.2. The fourth-order valence-corrected chi connectivity index (χ4v) is 2.16. The summed E-state index contributed by atoms with van der Waals surface area (Å²) in [5.74, 6) is 3.55. The highest BCUT2D eigenvalue weighted by Crippen LogP contribution is 2.31. The summed E-state index contributed by atoms with van der Waals surface area (Å²) in [5.41, 5.74) is 2.12. The fraction of sp³-hybridized carbons (Fsp3) is 0.583. The van der Waals surface area contributed by atoms with Gasteiger partial charge in [-0.05, 0) is 25.7 Å². The fourth-order valence-electron chi connectivity index (χ4n) is 2.16. The molecule has 4 N–H and O–H groups in total. The Bertz CT molecular complexity index is 440. The van der Waals surface area contributed by atoms with Crippen LogP contribution in [0.3, 0.4) is 0 Å². The third-order valence-electron chi connectivity index (χ3n) is 3.39. The van der Waals surface area contributed by atoms with Gasteiger partial charge in [0.15, 0.2) is 23.3 Å². The Hall–Kier alpha value is -1.47. The number of anilines is 2. The van der Waals surface area contributed by atoms with Crippen LogP contribution in [0.15, 0.2) is 6.07 Å². The molecule has 0 spiro atoms. The zero-order chi connectivity index (χ0) is 13.8. The van der Waals surface area contributed by atoms with E-state index >= 15 is 0 Å². The van der Waals surface area contributed by atoms with Gasteiger partial charge in [-0.15, -0.1) is 0 Å². The molecule has 0 bridgehead atoms. The summed E-state index contributed by atoms with van der Waals surface area (Å²) in [5, 5.41) is 8.92. The molecule has 0 atom stereocenters. The van der Waals surface area contributed by atoms with Crippen molar-refractivity contribution in [2.45, 2.75) is 31.7 Å². The van der Waals surface area contributed by atoms with Gasteiger partial charge in [0, 0.05) is 25.3 Å². The van der Waals surface area contributed by atoms with Crippen LogP contribution in [0.5, 0.6) is 0 Å². The third kappa shape index (κ3) is 2.93. The highest BCUT2D eigenvalue weighted by atomic mass is 19.1. The van der Waals surface area contributed by atoms with Gasteiger partial charge in [-0.2, -0.15) is 0 Å². The summed E-state index contributed by atoms with van der Waals surface area (Å²) in [6, 6.07) is 0.979. The first-order chi connectivity index (χ1) is 9.17. The van der Waals surface area contributed by atoms with Gasteiger partial charge in [0.1, 0.15) is 0 Å². The van der Waals surface area contributed by atoms with Gasteiger partial charge in [-0.1, -0.05) is 0 Å². The summed E-state index contributed by atoms with van der Waals surface area (Å²) in [4.78, 5) is 5.69. The van der Waals surface area contributed by atoms with Crippen molar-refractivity contribution in [1.82, 2.24) is 4.98 Å². The van der Waals surface area contributed by atoms with Crippen molar-refractivity contribution in [3.8, 4) is 0 Å². The van der Waals surface area contributed by atoms with Crippen molar-refractivity contribution in [1.29, 1.82) is 0 Å². The molecule has 5 nitrogen and oxygen atoms in total. The van der Waals surface area contributed by atoms with Gasteiger partial charge in [-0.25, -0.2) is 19.6 Å². The number of pyridine rings is 1. The third-order valence-corrected chi connectivity index (χ3v) is 3.39. The first-order valence-corrected chi connectivity index (χ1v) is 6.37. The van der Waals surface area contributed by atoms with E-state index in [2.05, 4.69) is 10.4 Å². The van der Waals surface area contributed by atoms with Gasteiger partial charge < -0.3 is 15.4 Å². The van der Waals surface area contributed by atoms with Crippen molar-refractivity contribution >= 4 is 11.6 Å². The van der Waals surface area contributed by atoms with E-state index in [0.29, 0.717) is 13.0 Å². The van der Waals surface area contributed by atoms with Crippen LogP contribution in [0.1, 0.15) is 25.7 Å². The number of hydrazine groups is 1. The topological polar surface area (TPSA) is 74.4 Å². The number of hydrogen-bond acceptors (Lipinski definition) is 5. The van der Waals surface area contributed by atoms with Crippen LogP contribution in [0, 0.1) is 11.6 Å². The molecule has 0 radical (unpaired) electrons. The first-order valence-electron chi connectivity index (χ1n) is 6.37. The second kappa shape index (κ2) is 6.12. The summed E-state index contributed by atoms with van der Waals surface area (Å²) in [6.07, 6.45) is 3.51. The van der Waals surface area contributed by atoms with Crippen LogP contribution in [0.25, 0.3) is 0 Å². The van der Waals surface area contributed by atoms with Crippen LogP contribution in [0.4, 0.5) is 20.4 Å². The molecule has 1 saturated carbocycles. The second-order valence-corrected chi connectivity index (χ2v) is 4.62. The van der Waals surface area contributed by atoms with Crippen LogP contribution in [-0.4, -0.2) is 29.3 Å². The van der Waals surface area contributed by atoms with Crippen molar-refractivity contribution in [3.05, 3.63) is 17.7 Å². The lowest BCUT2D eigenvalue weighted by Crippen LogP contribution is -2.42. The predicted molar refractivity (Wildman–Crippen MR) is 68.7 cm³/mol. The normalized spacial score (nSPS) is 15.2. The summed E-state index contributed by atoms with van der Waals surface area (Å²) in [6.45, 7) is 0.509. The zero-order valence-electron chi connectivity index (χ0n) is 10.6. The minimum Gasteiger partial charge on any atom is -0.396 e. The van der Waals surface area contributed by atoms with E-state index in [1.54, 1.807) is 4.90 Å². The highest BCUT2D eigenvalue weighted by molar-refractivity contribution is 5.49. The Kier molecular flexibility index (Phi) is 4.49. The van der Waals surface area contributed by atoms with Crippen LogP contribution < -0.4 is 16.2 Å². The number of nitrogens with zero attached hydrogens (tertiary/aromatic N) is 2.